The Hall–Kier alpha value is -1.66. The summed E-state index contributed by atoms with van der Waals surface area (Å²) in [5.74, 6) is 0.0862. The number of nitrogens with zero attached hydrogens (tertiary/aromatic N) is 1. The Morgan fingerprint density at radius 3 is 2.42 bits per heavy atom. The zero-order valence-corrected chi connectivity index (χ0v) is 12.1. The van der Waals surface area contributed by atoms with Crippen LogP contribution >= 0.6 is 15.9 Å². The van der Waals surface area contributed by atoms with E-state index in [9.17, 15) is 13.5 Å². The van der Waals surface area contributed by atoms with E-state index in [-0.39, 0.29) is 10.6 Å². The lowest BCUT2D eigenvalue weighted by Gasteiger charge is -1.99. The van der Waals surface area contributed by atoms with Gasteiger partial charge >= 0.3 is 0 Å². The van der Waals surface area contributed by atoms with Crippen molar-refractivity contribution in [1.29, 1.82) is 0 Å². The fraction of sp³-hybridized carbons (Fsp3) is 0. The molecule has 0 saturated heterocycles. The van der Waals surface area contributed by atoms with Crippen LogP contribution in [0.4, 0.5) is 0 Å². The Labute approximate surface area is 119 Å². The van der Waals surface area contributed by atoms with Crippen molar-refractivity contribution in [1.82, 2.24) is 0 Å². The number of rotatable bonds is 3. The average molecular weight is 340 g/mol. The van der Waals surface area contributed by atoms with Gasteiger partial charge < -0.3 is 5.11 Å². The van der Waals surface area contributed by atoms with Crippen molar-refractivity contribution in [3.8, 4) is 5.75 Å². The molecule has 0 aliphatic heterocycles. The summed E-state index contributed by atoms with van der Waals surface area (Å²) in [5, 5.41) is 9.34. The lowest BCUT2D eigenvalue weighted by molar-refractivity contribution is 0.472. The Morgan fingerprint density at radius 1 is 1.11 bits per heavy atom. The number of hydrogen-bond donors (Lipinski definition) is 1. The van der Waals surface area contributed by atoms with Gasteiger partial charge in [0.15, 0.2) is 0 Å². The zero-order valence-electron chi connectivity index (χ0n) is 9.69. The molecule has 6 heteroatoms. The Bertz CT molecular complexity index is 712. The van der Waals surface area contributed by atoms with Crippen molar-refractivity contribution < 1.29 is 13.5 Å². The molecule has 98 valence electrons. The number of phenolic OH excluding ortho intramolecular Hbond substituents is 1. The van der Waals surface area contributed by atoms with Gasteiger partial charge in [-0.05, 0) is 51.8 Å². The number of sulfonamides is 1. The van der Waals surface area contributed by atoms with Crippen molar-refractivity contribution >= 4 is 32.2 Å². The second-order valence-electron chi connectivity index (χ2n) is 3.73. The fourth-order valence-corrected chi connectivity index (χ4v) is 2.67. The Kier molecular flexibility index (Phi) is 4.01. The SMILES string of the molecule is O=S(=O)(/N=C\c1ccc(O)c(Br)c1)c1ccccc1. The minimum Gasteiger partial charge on any atom is -0.507 e. The van der Waals surface area contributed by atoms with E-state index in [2.05, 4.69) is 20.3 Å². The van der Waals surface area contributed by atoms with Gasteiger partial charge in [0.1, 0.15) is 5.75 Å². The quantitative estimate of drug-likeness (QED) is 0.874. The molecule has 0 aromatic heterocycles. The Balaban J connectivity index is 2.30. The van der Waals surface area contributed by atoms with Crippen LogP contribution in [0.3, 0.4) is 0 Å². The third-order valence-electron chi connectivity index (χ3n) is 2.35. The number of hydrogen-bond acceptors (Lipinski definition) is 3. The molecule has 0 saturated carbocycles. The van der Waals surface area contributed by atoms with Gasteiger partial charge in [-0.1, -0.05) is 18.2 Å². The highest BCUT2D eigenvalue weighted by Crippen LogP contribution is 2.23. The van der Waals surface area contributed by atoms with Crippen molar-refractivity contribution in [3.63, 3.8) is 0 Å². The van der Waals surface area contributed by atoms with Crippen molar-refractivity contribution in [2.75, 3.05) is 0 Å². The van der Waals surface area contributed by atoms with Gasteiger partial charge in [-0.3, -0.25) is 0 Å². The highest BCUT2D eigenvalue weighted by Gasteiger charge is 2.10. The lowest BCUT2D eigenvalue weighted by Crippen LogP contribution is -1.97. The van der Waals surface area contributed by atoms with Gasteiger partial charge in [-0.2, -0.15) is 12.8 Å². The monoisotopic (exact) mass is 339 g/mol. The molecule has 0 radical (unpaired) electrons. The third-order valence-corrected chi connectivity index (χ3v) is 4.24. The van der Waals surface area contributed by atoms with Crippen LogP contribution in [0.5, 0.6) is 5.75 Å². The standard InChI is InChI=1S/C13H10BrNO3S/c14-12-8-10(6-7-13(12)16)9-15-19(17,18)11-4-2-1-3-5-11/h1-9,16H/b15-9-. The van der Waals surface area contributed by atoms with Crippen LogP contribution in [0.25, 0.3) is 0 Å². The number of aromatic hydroxyl groups is 1. The molecular weight excluding hydrogens is 330 g/mol. The molecule has 0 heterocycles. The van der Waals surface area contributed by atoms with E-state index in [0.717, 1.165) is 0 Å². The first-order valence-corrected chi connectivity index (χ1v) is 7.56. The molecule has 19 heavy (non-hydrogen) atoms. The smallest absolute Gasteiger partial charge is 0.282 e. The predicted molar refractivity (Wildman–Crippen MR) is 77.0 cm³/mol. The van der Waals surface area contributed by atoms with Gasteiger partial charge in [-0.25, -0.2) is 0 Å². The van der Waals surface area contributed by atoms with E-state index in [1.807, 2.05) is 0 Å². The molecule has 1 N–H and O–H groups in total. The van der Waals surface area contributed by atoms with Gasteiger partial charge in [-0.15, -0.1) is 0 Å². The molecule has 0 unspecified atom stereocenters. The second-order valence-corrected chi connectivity index (χ2v) is 6.22. The second kappa shape index (κ2) is 5.54. The first kappa shape index (κ1) is 13.8. The first-order chi connectivity index (χ1) is 8.99. The topological polar surface area (TPSA) is 66.7 Å². The minimum absolute atomic E-state index is 0.0862. The summed E-state index contributed by atoms with van der Waals surface area (Å²) < 4.78 is 27.9. The molecule has 0 aliphatic rings. The van der Waals surface area contributed by atoms with E-state index in [4.69, 9.17) is 0 Å². The van der Waals surface area contributed by atoms with E-state index in [1.165, 1.54) is 24.4 Å². The van der Waals surface area contributed by atoms with Crippen LogP contribution in [-0.4, -0.2) is 19.7 Å². The molecule has 2 rings (SSSR count). The summed E-state index contributed by atoms with van der Waals surface area (Å²) in [6.45, 7) is 0. The molecular formula is C13H10BrNO3S. The molecule has 2 aromatic carbocycles. The van der Waals surface area contributed by atoms with E-state index in [0.29, 0.717) is 10.0 Å². The van der Waals surface area contributed by atoms with E-state index < -0.39 is 10.0 Å². The zero-order chi connectivity index (χ0) is 13.9. The summed E-state index contributed by atoms with van der Waals surface area (Å²) in [7, 11) is -3.69. The molecule has 0 amide bonds. The largest absolute Gasteiger partial charge is 0.507 e. The molecule has 4 nitrogen and oxygen atoms in total. The number of halogens is 1. The van der Waals surface area contributed by atoms with Crippen LogP contribution in [0.15, 0.2) is 62.3 Å². The summed E-state index contributed by atoms with van der Waals surface area (Å²) in [6, 6.07) is 12.6. The van der Waals surface area contributed by atoms with Gasteiger partial charge in [0.25, 0.3) is 10.0 Å². The summed E-state index contributed by atoms with van der Waals surface area (Å²) >= 11 is 3.15. The molecule has 0 bridgehead atoms. The lowest BCUT2D eigenvalue weighted by atomic mass is 10.2. The van der Waals surface area contributed by atoms with Crippen LogP contribution < -0.4 is 0 Å². The maximum absolute atomic E-state index is 11.9. The molecule has 0 atom stereocenters. The van der Waals surface area contributed by atoms with Crippen LogP contribution in [0.1, 0.15) is 5.56 Å². The Morgan fingerprint density at radius 2 is 1.79 bits per heavy atom. The third kappa shape index (κ3) is 3.42. The number of benzene rings is 2. The highest BCUT2D eigenvalue weighted by atomic mass is 79.9. The summed E-state index contributed by atoms with van der Waals surface area (Å²) in [4.78, 5) is 0.143. The van der Waals surface area contributed by atoms with Crippen LogP contribution in [0, 0.1) is 0 Å². The highest BCUT2D eigenvalue weighted by molar-refractivity contribution is 9.10. The molecule has 0 fully saturated rings. The maximum atomic E-state index is 11.9. The van der Waals surface area contributed by atoms with E-state index >= 15 is 0 Å². The van der Waals surface area contributed by atoms with Crippen LogP contribution in [0.2, 0.25) is 0 Å². The molecule has 2 aromatic rings. The van der Waals surface area contributed by atoms with E-state index in [1.54, 1.807) is 30.3 Å². The van der Waals surface area contributed by atoms with Crippen LogP contribution in [-0.2, 0) is 10.0 Å². The summed E-state index contributed by atoms with van der Waals surface area (Å²) in [6.07, 6.45) is 1.24. The summed E-state index contributed by atoms with van der Waals surface area (Å²) in [5.41, 5.74) is 0.573. The van der Waals surface area contributed by atoms with Crippen molar-refractivity contribution in [3.05, 3.63) is 58.6 Å². The van der Waals surface area contributed by atoms with Gasteiger partial charge in [0.05, 0.1) is 9.37 Å². The fourth-order valence-electron chi connectivity index (χ4n) is 1.39. The molecule has 0 spiro atoms. The minimum atomic E-state index is -3.69. The predicted octanol–water partition coefficient (Wildman–Crippen LogP) is 2.96. The maximum Gasteiger partial charge on any atom is 0.282 e. The van der Waals surface area contributed by atoms with Gasteiger partial charge in [0.2, 0.25) is 0 Å². The molecule has 0 aliphatic carbocycles. The number of phenols is 1. The van der Waals surface area contributed by atoms with Crippen molar-refractivity contribution in [2.45, 2.75) is 4.90 Å². The normalized spacial score (nSPS) is 11.8. The first-order valence-electron chi connectivity index (χ1n) is 5.33. The average Bonchev–Trinajstić information content (AvgIpc) is 2.41. The van der Waals surface area contributed by atoms with Crippen molar-refractivity contribution in [2.24, 2.45) is 4.40 Å². The van der Waals surface area contributed by atoms with Gasteiger partial charge in [0, 0.05) is 6.21 Å².